The second-order valence-corrected chi connectivity index (χ2v) is 4.49. The average Bonchev–Trinajstić information content (AvgIpc) is 2.58. The molecule has 0 heterocycles. The summed E-state index contributed by atoms with van der Waals surface area (Å²) in [5.74, 6) is 3.75. The Morgan fingerprint density at radius 1 is 1.09 bits per heavy atom. The molecule has 3 heteroatoms. The Morgan fingerprint density at radius 2 is 1.73 bits per heavy atom. The van der Waals surface area contributed by atoms with Gasteiger partial charge in [0.15, 0.2) is 5.78 Å². The van der Waals surface area contributed by atoms with E-state index < -0.39 is 0 Å². The van der Waals surface area contributed by atoms with Crippen LogP contribution in [0.5, 0.6) is 11.5 Å². The van der Waals surface area contributed by atoms with E-state index in [0.29, 0.717) is 11.3 Å². The van der Waals surface area contributed by atoms with E-state index >= 15 is 0 Å². The van der Waals surface area contributed by atoms with Crippen LogP contribution in [0.15, 0.2) is 54.6 Å². The molecule has 0 aliphatic rings. The van der Waals surface area contributed by atoms with Gasteiger partial charge in [0.1, 0.15) is 18.1 Å². The van der Waals surface area contributed by atoms with E-state index in [1.165, 1.54) is 0 Å². The van der Waals surface area contributed by atoms with Crippen LogP contribution in [0.3, 0.4) is 0 Å². The van der Waals surface area contributed by atoms with Gasteiger partial charge in [0.2, 0.25) is 0 Å². The Balaban J connectivity index is 2.01. The molecule has 2 aromatic rings. The zero-order valence-electron chi connectivity index (χ0n) is 12.3. The standard InChI is InChI=1S/C19H16O3/c1-3-14-22-18-11-7-16(8-12-18)19(20)13-6-15-4-9-17(21-2)10-5-15/h1,4-13H,14H2,2H3/b13-6+. The first kappa shape index (κ1) is 15.4. The molecular formula is C19H16O3. The smallest absolute Gasteiger partial charge is 0.185 e. The van der Waals surface area contributed by atoms with E-state index in [9.17, 15) is 4.79 Å². The van der Waals surface area contributed by atoms with Crippen molar-refractivity contribution in [2.24, 2.45) is 0 Å². The molecule has 3 nitrogen and oxygen atoms in total. The van der Waals surface area contributed by atoms with Crippen LogP contribution in [0.2, 0.25) is 0 Å². The van der Waals surface area contributed by atoms with E-state index in [1.54, 1.807) is 43.5 Å². The molecule has 0 bridgehead atoms. The predicted molar refractivity (Wildman–Crippen MR) is 87.1 cm³/mol. The largest absolute Gasteiger partial charge is 0.497 e. The van der Waals surface area contributed by atoms with E-state index in [2.05, 4.69) is 5.92 Å². The highest BCUT2D eigenvalue weighted by Gasteiger charge is 2.02. The van der Waals surface area contributed by atoms with Gasteiger partial charge >= 0.3 is 0 Å². The molecule has 2 aromatic carbocycles. The number of carbonyl (C=O) groups is 1. The minimum Gasteiger partial charge on any atom is -0.497 e. The van der Waals surface area contributed by atoms with Crippen LogP contribution in [0.25, 0.3) is 6.08 Å². The molecule has 0 atom stereocenters. The lowest BCUT2D eigenvalue weighted by Crippen LogP contribution is -1.96. The molecule has 0 saturated heterocycles. The van der Waals surface area contributed by atoms with Crippen molar-refractivity contribution in [3.8, 4) is 23.8 Å². The van der Waals surface area contributed by atoms with Crippen LogP contribution < -0.4 is 9.47 Å². The summed E-state index contributed by atoms with van der Waals surface area (Å²) in [6.07, 6.45) is 8.43. The van der Waals surface area contributed by atoms with Gasteiger partial charge in [-0.15, -0.1) is 6.42 Å². The molecule has 0 N–H and O–H groups in total. The van der Waals surface area contributed by atoms with E-state index in [1.807, 2.05) is 24.3 Å². The summed E-state index contributed by atoms with van der Waals surface area (Å²) in [5.41, 5.74) is 1.53. The molecule has 110 valence electrons. The number of benzene rings is 2. The van der Waals surface area contributed by atoms with Crippen molar-refractivity contribution >= 4 is 11.9 Å². The summed E-state index contributed by atoms with van der Waals surface area (Å²) in [6, 6.07) is 14.4. The van der Waals surface area contributed by atoms with Gasteiger partial charge in [0, 0.05) is 5.56 Å². The number of allylic oxidation sites excluding steroid dienone is 1. The van der Waals surface area contributed by atoms with E-state index in [4.69, 9.17) is 15.9 Å². The highest BCUT2D eigenvalue weighted by atomic mass is 16.5. The molecule has 0 saturated carbocycles. The number of hydrogen-bond acceptors (Lipinski definition) is 3. The molecule has 0 aliphatic carbocycles. The molecule has 0 fully saturated rings. The second kappa shape index (κ2) is 7.70. The van der Waals surface area contributed by atoms with Crippen LogP contribution in [0.1, 0.15) is 15.9 Å². The monoisotopic (exact) mass is 292 g/mol. The fourth-order valence-electron chi connectivity index (χ4n) is 1.82. The Bertz CT molecular complexity index is 689. The zero-order valence-corrected chi connectivity index (χ0v) is 12.3. The van der Waals surface area contributed by atoms with Crippen LogP contribution >= 0.6 is 0 Å². The Labute approximate surface area is 130 Å². The van der Waals surface area contributed by atoms with Crippen LogP contribution in [-0.2, 0) is 0 Å². The van der Waals surface area contributed by atoms with Crippen molar-refractivity contribution < 1.29 is 14.3 Å². The molecule has 22 heavy (non-hydrogen) atoms. The highest BCUT2D eigenvalue weighted by Crippen LogP contribution is 2.15. The normalized spacial score (nSPS) is 10.2. The molecule has 0 radical (unpaired) electrons. The van der Waals surface area contributed by atoms with Gasteiger partial charge in [-0.05, 0) is 48.0 Å². The first-order chi connectivity index (χ1) is 10.7. The Hall–Kier alpha value is -2.99. The number of hydrogen-bond donors (Lipinski definition) is 0. The lowest BCUT2D eigenvalue weighted by molar-refractivity contribution is 0.104. The molecule has 0 amide bonds. The van der Waals surface area contributed by atoms with Crippen LogP contribution in [0.4, 0.5) is 0 Å². The summed E-state index contributed by atoms with van der Waals surface area (Å²) in [7, 11) is 1.62. The first-order valence-corrected chi connectivity index (χ1v) is 6.75. The lowest BCUT2D eigenvalue weighted by Gasteiger charge is -2.02. The topological polar surface area (TPSA) is 35.5 Å². The van der Waals surface area contributed by atoms with Gasteiger partial charge in [0.05, 0.1) is 7.11 Å². The third kappa shape index (κ3) is 4.26. The fraction of sp³-hybridized carbons (Fsp3) is 0.105. The van der Waals surface area contributed by atoms with Gasteiger partial charge in [0.25, 0.3) is 0 Å². The molecule has 0 aromatic heterocycles. The van der Waals surface area contributed by atoms with Gasteiger partial charge in [-0.1, -0.05) is 24.1 Å². The Morgan fingerprint density at radius 3 is 2.32 bits per heavy atom. The van der Waals surface area contributed by atoms with Crippen molar-refractivity contribution in [1.82, 2.24) is 0 Å². The maximum atomic E-state index is 12.1. The maximum absolute atomic E-state index is 12.1. The number of ether oxygens (including phenoxy) is 2. The van der Waals surface area contributed by atoms with Crippen molar-refractivity contribution in [2.75, 3.05) is 13.7 Å². The van der Waals surface area contributed by atoms with E-state index in [-0.39, 0.29) is 12.4 Å². The number of methoxy groups -OCH3 is 1. The van der Waals surface area contributed by atoms with Crippen LogP contribution in [-0.4, -0.2) is 19.5 Å². The third-order valence-corrected chi connectivity index (χ3v) is 3.00. The summed E-state index contributed by atoms with van der Waals surface area (Å²) in [4.78, 5) is 12.1. The number of carbonyl (C=O) groups excluding carboxylic acids is 1. The van der Waals surface area contributed by atoms with E-state index in [0.717, 1.165) is 11.3 Å². The zero-order chi connectivity index (χ0) is 15.8. The maximum Gasteiger partial charge on any atom is 0.185 e. The van der Waals surface area contributed by atoms with Crippen molar-refractivity contribution in [2.45, 2.75) is 0 Å². The minimum atomic E-state index is -0.0701. The second-order valence-electron chi connectivity index (χ2n) is 4.49. The number of rotatable bonds is 6. The number of terminal acetylenes is 1. The van der Waals surface area contributed by atoms with Gasteiger partial charge in [-0.2, -0.15) is 0 Å². The number of ketones is 1. The first-order valence-electron chi connectivity index (χ1n) is 6.75. The molecule has 0 spiro atoms. The van der Waals surface area contributed by atoms with Gasteiger partial charge in [-0.3, -0.25) is 4.79 Å². The molecule has 0 unspecified atom stereocenters. The fourth-order valence-corrected chi connectivity index (χ4v) is 1.82. The predicted octanol–water partition coefficient (Wildman–Crippen LogP) is 3.60. The van der Waals surface area contributed by atoms with Crippen molar-refractivity contribution in [3.63, 3.8) is 0 Å². The third-order valence-electron chi connectivity index (χ3n) is 3.00. The summed E-state index contributed by atoms with van der Waals surface area (Å²) < 4.78 is 10.4. The minimum absolute atomic E-state index is 0.0701. The quantitative estimate of drug-likeness (QED) is 0.463. The van der Waals surface area contributed by atoms with Gasteiger partial charge in [-0.25, -0.2) is 0 Å². The highest BCUT2D eigenvalue weighted by molar-refractivity contribution is 6.06. The summed E-state index contributed by atoms with van der Waals surface area (Å²) in [5, 5.41) is 0. The lowest BCUT2D eigenvalue weighted by atomic mass is 10.1. The van der Waals surface area contributed by atoms with Gasteiger partial charge < -0.3 is 9.47 Å². The molecule has 0 aliphatic heterocycles. The summed E-state index contributed by atoms with van der Waals surface area (Å²) in [6.45, 7) is 0.213. The van der Waals surface area contributed by atoms with Crippen LogP contribution in [0, 0.1) is 12.3 Å². The summed E-state index contributed by atoms with van der Waals surface area (Å²) >= 11 is 0. The van der Waals surface area contributed by atoms with Crippen molar-refractivity contribution in [1.29, 1.82) is 0 Å². The SMILES string of the molecule is C#CCOc1ccc(C(=O)/C=C/c2ccc(OC)cc2)cc1. The Kier molecular flexibility index (Phi) is 5.39. The average molecular weight is 292 g/mol. The molecule has 2 rings (SSSR count). The molecular weight excluding hydrogens is 276 g/mol. The van der Waals surface area contributed by atoms with Crippen molar-refractivity contribution in [3.05, 3.63) is 65.7 Å².